The molecule has 26 heavy (non-hydrogen) atoms. The Morgan fingerprint density at radius 2 is 2.12 bits per heavy atom. The summed E-state index contributed by atoms with van der Waals surface area (Å²) in [6, 6.07) is 3.47. The molecule has 1 fully saturated rings. The van der Waals surface area contributed by atoms with E-state index in [2.05, 4.69) is 11.8 Å². The number of benzene rings is 1. The summed E-state index contributed by atoms with van der Waals surface area (Å²) in [4.78, 5) is 11.9. The van der Waals surface area contributed by atoms with E-state index < -0.39 is 39.9 Å². The Morgan fingerprint density at radius 1 is 1.42 bits per heavy atom. The Hall–Kier alpha value is -2.11. The average Bonchev–Trinajstić information content (AvgIpc) is 3.38. The highest BCUT2D eigenvalue weighted by Gasteiger charge is 2.26. The first-order valence-corrected chi connectivity index (χ1v) is 9.86. The van der Waals surface area contributed by atoms with E-state index in [1.54, 1.807) is 6.92 Å². The Balaban J connectivity index is 2.10. The number of esters is 1. The van der Waals surface area contributed by atoms with E-state index in [0.717, 1.165) is 18.9 Å². The van der Waals surface area contributed by atoms with Crippen LogP contribution in [0.4, 0.5) is 4.39 Å². The minimum absolute atomic E-state index is 0.00495. The molecule has 0 amide bonds. The lowest BCUT2D eigenvalue weighted by atomic mass is 10.0. The van der Waals surface area contributed by atoms with E-state index in [0.29, 0.717) is 12.3 Å². The lowest BCUT2D eigenvalue weighted by molar-refractivity contribution is 0.0526. The summed E-state index contributed by atoms with van der Waals surface area (Å²) in [5.41, 5.74) is -0.887. The molecule has 1 saturated carbocycles. The van der Waals surface area contributed by atoms with Crippen LogP contribution in [-0.2, 0) is 14.9 Å². The molecular weight excluding hydrogens is 363 g/mol. The zero-order chi connectivity index (χ0) is 19.4. The van der Waals surface area contributed by atoms with Gasteiger partial charge in [0.2, 0.25) is 0 Å². The molecule has 1 aliphatic rings. The van der Waals surface area contributed by atoms with E-state index in [1.807, 2.05) is 6.92 Å². The van der Waals surface area contributed by atoms with Crippen molar-refractivity contribution in [3.8, 4) is 17.6 Å². The minimum Gasteiger partial charge on any atom is -0.472 e. The van der Waals surface area contributed by atoms with Crippen LogP contribution in [0.25, 0.3) is 0 Å². The molecule has 1 aromatic carbocycles. The zero-order valence-electron chi connectivity index (χ0n) is 14.6. The first-order chi connectivity index (χ1) is 12.1. The molecule has 0 heterocycles. The third-order valence-electron chi connectivity index (χ3n) is 3.87. The van der Waals surface area contributed by atoms with Gasteiger partial charge in [0.15, 0.2) is 17.2 Å². The largest absolute Gasteiger partial charge is 0.472 e. The molecule has 0 aliphatic heterocycles. The smallest absolute Gasteiger partial charge is 0.338 e. The van der Waals surface area contributed by atoms with Crippen LogP contribution < -0.4 is 4.74 Å². The number of ether oxygens (including phenoxy) is 2. The zero-order valence-corrected chi connectivity index (χ0v) is 15.4. The summed E-state index contributed by atoms with van der Waals surface area (Å²) in [7, 11) is -4.23. The summed E-state index contributed by atoms with van der Waals surface area (Å²) in [6.07, 6.45) is 2.65. The van der Waals surface area contributed by atoms with E-state index in [9.17, 15) is 17.6 Å². The Bertz CT molecular complexity index is 835. The quantitative estimate of drug-likeness (QED) is 0.442. The third kappa shape index (κ3) is 6.32. The molecule has 0 bridgehead atoms. The van der Waals surface area contributed by atoms with Gasteiger partial charge in [0, 0.05) is 5.92 Å². The van der Waals surface area contributed by atoms with E-state index >= 15 is 0 Å². The van der Waals surface area contributed by atoms with E-state index in [1.165, 1.54) is 12.1 Å². The molecule has 1 atom stereocenters. The lowest BCUT2D eigenvalue weighted by Crippen LogP contribution is -2.30. The van der Waals surface area contributed by atoms with Crippen molar-refractivity contribution >= 4 is 16.1 Å². The van der Waals surface area contributed by atoms with Gasteiger partial charge in [-0.05, 0) is 44.4 Å². The molecule has 0 radical (unpaired) electrons. The van der Waals surface area contributed by atoms with Crippen LogP contribution in [-0.4, -0.2) is 36.9 Å². The fraction of sp³-hybridized carbons (Fsp3) is 0.500. The van der Waals surface area contributed by atoms with Gasteiger partial charge in [-0.3, -0.25) is 4.55 Å². The predicted octanol–water partition coefficient (Wildman–Crippen LogP) is 2.83. The van der Waals surface area contributed by atoms with Crippen LogP contribution in [0.5, 0.6) is 5.75 Å². The summed E-state index contributed by atoms with van der Waals surface area (Å²) in [6.45, 7) is 3.11. The van der Waals surface area contributed by atoms with Crippen LogP contribution in [0, 0.1) is 23.6 Å². The van der Waals surface area contributed by atoms with Crippen molar-refractivity contribution in [3.63, 3.8) is 0 Å². The molecule has 1 N–H and O–H groups in total. The van der Waals surface area contributed by atoms with Crippen molar-refractivity contribution in [2.45, 2.75) is 38.7 Å². The number of hydrogen-bond acceptors (Lipinski definition) is 5. The SMILES string of the molecule is CCC(C)(C#CC1CC1)Oc1cc(C(=O)OCCS(=O)(=O)O)ccc1F. The van der Waals surface area contributed by atoms with Crippen molar-refractivity contribution in [1.82, 2.24) is 0 Å². The van der Waals surface area contributed by atoms with Gasteiger partial charge in [-0.2, -0.15) is 8.42 Å². The van der Waals surface area contributed by atoms with Gasteiger partial charge in [-0.15, -0.1) is 0 Å². The van der Waals surface area contributed by atoms with Crippen LogP contribution in [0.3, 0.4) is 0 Å². The number of halogens is 1. The monoisotopic (exact) mass is 384 g/mol. The second kappa shape index (κ2) is 8.06. The van der Waals surface area contributed by atoms with Crippen molar-refractivity contribution in [1.29, 1.82) is 0 Å². The molecule has 0 aromatic heterocycles. The Morgan fingerprint density at radius 3 is 2.69 bits per heavy atom. The Kier molecular flexibility index (Phi) is 6.26. The van der Waals surface area contributed by atoms with Gasteiger partial charge < -0.3 is 9.47 Å². The number of carbonyl (C=O) groups excluding carboxylic acids is 1. The normalized spacial score (nSPS) is 16.2. The van der Waals surface area contributed by atoms with Gasteiger partial charge in [-0.1, -0.05) is 18.8 Å². The number of carbonyl (C=O) groups is 1. The highest BCUT2D eigenvalue weighted by molar-refractivity contribution is 7.85. The topological polar surface area (TPSA) is 89.9 Å². The summed E-state index contributed by atoms with van der Waals surface area (Å²) < 4.78 is 54.5. The molecule has 2 rings (SSSR count). The first kappa shape index (κ1) is 20.2. The van der Waals surface area contributed by atoms with Gasteiger partial charge in [0.1, 0.15) is 12.4 Å². The van der Waals surface area contributed by atoms with Gasteiger partial charge in [0.05, 0.1) is 5.56 Å². The second-order valence-electron chi connectivity index (χ2n) is 6.30. The fourth-order valence-corrected chi connectivity index (χ4v) is 2.24. The van der Waals surface area contributed by atoms with Crippen molar-refractivity contribution in [2.24, 2.45) is 5.92 Å². The van der Waals surface area contributed by atoms with Crippen LogP contribution in [0.2, 0.25) is 0 Å². The summed E-state index contributed by atoms with van der Waals surface area (Å²) in [5.74, 6) is 4.16. The van der Waals surface area contributed by atoms with Crippen LogP contribution in [0.15, 0.2) is 18.2 Å². The highest BCUT2D eigenvalue weighted by atomic mass is 32.2. The van der Waals surface area contributed by atoms with E-state index in [4.69, 9.17) is 14.0 Å². The summed E-state index contributed by atoms with van der Waals surface area (Å²) >= 11 is 0. The van der Waals surface area contributed by atoms with Crippen molar-refractivity contribution < 1.29 is 31.6 Å². The van der Waals surface area contributed by atoms with Crippen LogP contribution in [0.1, 0.15) is 43.5 Å². The molecule has 6 nitrogen and oxygen atoms in total. The van der Waals surface area contributed by atoms with Crippen molar-refractivity contribution in [3.05, 3.63) is 29.6 Å². The van der Waals surface area contributed by atoms with Crippen molar-refractivity contribution in [2.75, 3.05) is 12.4 Å². The van der Waals surface area contributed by atoms with Crippen LogP contribution >= 0.6 is 0 Å². The third-order valence-corrected chi connectivity index (χ3v) is 4.55. The maximum absolute atomic E-state index is 14.1. The number of rotatable bonds is 7. The molecule has 1 aromatic rings. The first-order valence-electron chi connectivity index (χ1n) is 8.25. The fourth-order valence-electron chi connectivity index (χ4n) is 1.94. The molecule has 1 unspecified atom stereocenters. The molecular formula is C18H21FO6S. The molecule has 0 saturated heterocycles. The van der Waals surface area contributed by atoms with Gasteiger partial charge in [-0.25, -0.2) is 9.18 Å². The summed E-state index contributed by atoms with van der Waals surface area (Å²) in [5, 5.41) is 0. The van der Waals surface area contributed by atoms with Gasteiger partial charge in [0.25, 0.3) is 10.1 Å². The lowest BCUT2D eigenvalue weighted by Gasteiger charge is -2.24. The molecule has 0 spiro atoms. The van der Waals surface area contributed by atoms with Gasteiger partial charge >= 0.3 is 5.97 Å². The van der Waals surface area contributed by atoms with E-state index in [-0.39, 0.29) is 11.3 Å². The highest BCUT2D eigenvalue weighted by Crippen LogP contribution is 2.29. The molecule has 8 heteroatoms. The maximum Gasteiger partial charge on any atom is 0.338 e. The predicted molar refractivity (Wildman–Crippen MR) is 92.9 cm³/mol. The number of hydrogen-bond donors (Lipinski definition) is 1. The average molecular weight is 384 g/mol. The minimum atomic E-state index is -4.23. The standard InChI is InChI=1S/C18H21FO6S/c1-3-18(2,9-8-13-4-5-13)25-16-12-14(6-7-15(16)19)17(20)24-10-11-26(21,22)23/h6-7,12-13H,3-5,10-11H2,1-2H3,(H,21,22,23). The second-order valence-corrected chi connectivity index (χ2v) is 7.87. The maximum atomic E-state index is 14.1. The molecule has 1 aliphatic carbocycles. The Labute approximate surface area is 152 Å². The molecule has 142 valence electrons.